The SMILES string of the molecule is Cc1cc(N)ccc1-c1cnc(N)c(C(=O)OC(C)C)c1. The predicted molar refractivity (Wildman–Crippen MR) is 83.8 cm³/mol. The van der Waals surface area contributed by atoms with Crippen LogP contribution in [0.1, 0.15) is 29.8 Å². The number of rotatable bonds is 3. The fraction of sp³-hybridized carbons (Fsp3) is 0.250. The summed E-state index contributed by atoms with van der Waals surface area (Å²) in [5.74, 6) is -0.303. The minimum Gasteiger partial charge on any atom is -0.459 e. The molecular weight excluding hydrogens is 266 g/mol. The van der Waals surface area contributed by atoms with Gasteiger partial charge in [-0.2, -0.15) is 0 Å². The van der Waals surface area contributed by atoms with Crippen LogP contribution >= 0.6 is 0 Å². The van der Waals surface area contributed by atoms with Crippen molar-refractivity contribution in [3.05, 3.63) is 41.6 Å². The van der Waals surface area contributed by atoms with Crippen LogP contribution in [-0.4, -0.2) is 17.1 Å². The molecule has 0 unspecified atom stereocenters. The molecule has 0 saturated heterocycles. The molecule has 0 aliphatic rings. The summed E-state index contributed by atoms with van der Waals surface area (Å²) in [7, 11) is 0. The maximum atomic E-state index is 12.0. The van der Waals surface area contributed by atoms with E-state index in [-0.39, 0.29) is 17.5 Å². The van der Waals surface area contributed by atoms with Gasteiger partial charge < -0.3 is 16.2 Å². The number of nitrogens with two attached hydrogens (primary N) is 2. The first kappa shape index (κ1) is 14.8. The Morgan fingerprint density at radius 3 is 2.57 bits per heavy atom. The van der Waals surface area contributed by atoms with Crippen LogP contribution in [0, 0.1) is 6.92 Å². The zero-order valence-corrected chi connectivity index (χ0v) is 12.4. The van der Waals surface area contributed by atoms with Crippen molar-refractivity contribution >= 4 is 17.5 Å². The van der Waals surface area contributed by atoms with Crippen molar-refractivity contribution in [3.8, 4) is 11.1 Å². The van der Waals surface area contributed by atoms with E-state index < -0.39 is 5.97 Å². The number of carbonyl (C=O) groups excluding carboxylic acids is 1. The molecule has 0 aliphatic carbocycles. The molecule has 110 valence electrons. The van der Waals surface area contributed by atoms with Gasteiger partial charge in [0.25, 0.3) is 0 Å². The highest BCUT2D eigenvalue weighted by atomic mass is 16.5. The normalized spacial score (nSPS) is 10.7. The van der Waals surface area contributed by atoms with Gasteiger partial charge in [0.1, 0.15) is 11.4 Å². The zero-order valence-electron chi connectivity index (χ0n) is 12.4. The summed E-state index contributed by atoms with van der Waals surface area (Å²) in [6, 6.07) is 7.28. The van der Waals surface area contributed by atoms with Crippen molar-refractivity contribution in [1.29, 1.82) is 0 Å². The van der Waals surface area contributed by atoms with Crippen LogP contribution in [0.3, 0.4) is 0 Å². The van der Waals surface area contributed by atoms with Gasteiger partial charge in [0.15, 0.2) is 0 Å². The second-order valence-electron chi connectivity index (χ2n) is 5.19. The molecule has 0 radical (unpaired) electrons. The molecule has 1 heterocycles. The molecule has 2 rings (SSSR count). The Morgan fingerprint density at radius 1 is 1.24 bits per heavy atom. The highest BCUT2D eigenvalue weighted by molar-refractivity contribution is 5.95. The topological polar surface area (TPSA) is 91.2 Å². The lowest BCUT2D eigenvalue weighted by Crippen LogP contribution is -2.14. The number of hydrogen-bond acceptors (Lipinski definition) is 5. The standard InChI is InChI=1S/C16H19N3O2/c1-9(2)21-16(20)14-7-11(8-19-15(14)18)13-5-4-12(17)6-10(13)3/h4-9H,17H2,1-3H3,(H2,18,19). The lowest BCUT2D eigenvalue weighted by Gasteiger charge is -2.12. The second-order valence-corrected chi connectivity index (χ2v) is 5.19. The number of benzene rings is 1. The molecule has 0 bridgehead atoms. The zero-order chi connectivity index (χ0) is 15.6. The number of aryl methyl sites for hydroxylation is 1. The van der Waals surface area contributed by atoms with Crippen LogP contribution in [0.5, 0.6) is 0 Å². The summed E-state index contributed by atoms with van der Waals surface area (Å²) in [6.45, 7) is 5.53. The Hall–Kier alpha value is -2.56. The Labute approximate surface area is 123 Å². The van der Waals surface area contributed by atoms with E-state index in [0.717, 1.165) is 16.7 Å². The summed E-state index contributed by atoms with van der Waals surface area (Å²) >= 11 is 0. The maximum Gasteiger partial charge on any atom is 0.342 e. The van der Waals surface area contributed by atoms with E-state index in [4.69, 9.17) is 16.2 Å². The van der Waals surface area contributed by atoms with Gasteiger partial charge >= 0.3 is 5.97 Å². The number of hydrogen-bond donors (Lipinski definition) is 2. The van der Waals surface area contributed by atoms with E-state index in [9.17, 15) is 4.79 Å². The molecule has 4 N–H and O–H groups in total. The summed E-state index contributed by atoms with van der Waals surface area (Å²) < 4.78 is 5.18. The van der Waals surface area contributed by atoms with Gasteiger partial charge in [-0.25, -0.2) is 9.78 Å². The van der Waals surface area contributed by atoms with Crippen molar-refractivity contribution in [1.82, 2.24) is 4.98 Å². The van der Waals surface area contributed by atoms with Crippen LogP contribution in [-0.2, 0) is 4.74 Å². The van der Waals surface area contributed by atoms with Gasteiger partial charge in [-0.1, -0.05) is 6.07 Å². The van der Waals surface area contributed by atoms with E-state index in [1.807, 2.05) is 25.1 Å². The number of nitrogen functional groups attached to an aromatic ring is 2. The molecule has 0 spiro atoms. The van der Waals surface area contributed by atoms with Gasteiger partial charge in [0.05, 0.1) is 6.10 Å². The average Bonchev–Trinajstić information content (AvgIpc) is 2.39. The number of anilines is 2. The molecule has 0 saturated carbocycles. The molecular formula is C16H19N3O2. The Kier molecular flexibility index (Phi) is 4.12. The molecule has 5 nitrogen and oxygen atoms in total. The monoisotopic (exact) mass is 285 g/mol. The lowest BCUT2D eigenvalue weighted by atomic mass is 10.00. The number of ether oxygens (including phenoxy) is 1. The molecule has 0 amide bonds. The van der Waals surface area contributed by atoms with Crippen LogP contribution < -0.4 is 11.5 Å². The van der Waals surface area contributed by atoms with Crippen molar-refractivity contribution in [3.63, 3.8) is 0 Å². The molecule has 1 aromatic carbocycles. The predicted octanol–water partition coefficient (Wildman–Crippen LogP) is 2.79. The molecule has 0 atom stereocenters. The molecule has 5 heteroatoms. The van der Waals surface area contributed by atoms with E-state index in [0.29, 0.717) is 5.69 Å². The molecule has 21 heavy (non-hydrogen) atoms. The van der Waals surface area contributed by atoms with E-state index in [1.165, 1.54) is 0 Å². The first-order valence-electron chi connectivity index (χ1n) is 6.71. The Balaban J connectivity index is 2.45. The summed E-state index contributed by atoms with van der Waals surface area (Å²) in [6.07, 6.45) is 1.43. The molecule has 1 aromatic heterocycles. The highest BCUT2D eigenvalue weighted by Crippen LogP contribution is 2.27. The van der Waals surface area contributed by atoms with Crippen LogP contribution in [0.25, 0.3) is 11.1 Å². The summed E-state index contributed by atoms with van der Waals surface area (Å²) in [5, 5.41) is 0. The Morgan fingerprint density at radius 2 is 1.95 bits per heavy atom. The van der Waals surface area contributed by atoms with Crippen molar-refractivity contribution in [2.75, 3.05) is 11.5 Å². The summed E-state index contributed by atoms with van der Waals surface area (Å²) in [5.41, 5.74) is 15.3. The van der Waals surface area contributed by atoms with Crippen molar-refractivity contribution in [2.45, 2.75) is 26.9 Å². The number of esters is 1. The van der Waals surface area contributed by atoms with E-state index >= 15 is 0 Å². The highest BCUT2D eigenvalue weighted by Gasteiger charge is 2.16. The van der Waals surface area contributed by atoms with Gasteiger partial charge in [-0.05, 0) is 50.1 Å². The minimum absolute atomic E-state index is 0.164. The van der Waals surface area contributed by atoms with Crippen molar-refractivity contribution < 1.29 is 9.53 Å². The minimum atomic E-state index is -0.468. The molecule has 0 fully saturated rings. The lowest BCUT2D eigenvalue weighted by molar-refractivity contribution is 0.0379. The van der Waals surface area contributed by atoms with Gasteiger partial charge in [-0.15, -0.1) is 0 Å². The van der Waals surface area contributed by atoms with Gasteiger partial charge in [-0.3, -0.25) is 0 Å². The van der Waals surface area contributed by atoms with Gasteiger partial charge in [0, 0.05) is 17.4 Å². The smallest absolute Gasteiger partial charge is 0.342 e. The second kappa shape index (κ2) is 5.83. The van der Waals surface area contributed by atoms with Crippen LogP contribution in [0.15, 0.2) is 30.5 Å². The largest absolute Gasteiger partial charge is 0.459 e. The number of pyridine rings is 1. The number of nitrogens with zero attached hydrogens (tertiary/aromatic N) is 1. The van der Waals surface area contributed by atoms with E-state index in [1.54, 1.807) is 26.1 Å². The third kappa shape index (κ3) is 3.31. The number of carbonyl (C=O) groups is 1. The quantitative estimate of drug-likeness (QED) is 0.668. The van der Waals surface area contributed by atoms with E-state index in [2.05, 4.69) is 4.98 Å². The fourth-order valence-corrected chi connectivity index (χ4v) is 2.07. The number of aromatic nitrogens is 1. The third-order valence-electron chi connectivity index (χ3n) is 3.04. The molecule has 2 aromatic rings. The van der Waals surface area contributed by atoms with Crippen LogP contribution in [0.2, 0.25) is 0 Å². The average molecular weight is 285 g/mol. The first-order chi connectivity index (χ1) is 9.88. The fourth-order valence-electron chi connectivity index (χ4n) is 2.07. The van der Waals surface area contributed by atoms with Gasteiger partial charge in [0.2, 0.25) is 0 Å². The Bertz CT molecular complexity index is 681. The van der Waals surface area contributed by atoms with Crippen molar-refractivity contribution in [2.24, 2.45) is 0 Å². The van der Waals surface area contributed by atoms with Crippen LogP contribution in [0.4, 0.5) is 11.5 Å². The maximum absolute atomic E-state index is 12.0. The first-order valence-corrected chi connectivity index (χ1v) is 6.71. The molecule has 0 aliphatic heterocycles. The summed E-state index contributed by atoms with van der Waals surface area (Å²) in [4.78, 5) is 16.1. The third-order valence-corrected chi connectivity index (χ3v) is 3.04.